The predicted molar refractivity (Wildman–Crippen MR) is 135 cm³/mol. The molecule has 2 unspecified atom stereocenters. The summed E-state index contributed by atoms with van der Waals surface area (Å²) in [4.78, 5) is 14.4. The lowest BCUT2D eigenvalue weighted by Crippen LogP contribution is -2.50. The summed E-state index contributed by atoms with van der Waals surface area (Å²) in [5.74, 6) is -0.435. The SMILES string of the molecule is COC(=O)C(C(O)c1ccc(S(=O)(=O)N(CC(C)C)c2ccc(C)cc2C)cc1)N1CCOCC1. The summed E-state index contributed by atoms with van der Waals surface area (Å²) in [5.41, 5.74) is 3.03. The Morgan fingerprint density at radius 2 is 1.74 bits per heavy atom. The van der Waals surface area contributed by atoms with Gasteiger partial charge in [0.05, 0.1) is 30.9 Å². The lowest BCUT2D eigenvalue weighted by Gasteiger charge is -2.35. The summed E-state index contributed by atoms with van der Waals surface area (Å²) < 4.78 is 39.1. The van der Waals surface area contributed by atoms with E-state index in [4.69, 9.17) is 9.47 Å². The first kappa shape index (κ1) is 27.1. The number of methoxy groups -OCH3 is 1. The fourth-order valence-electron chi connectivity index (χ4n) is 4.34. The molecule has 1 heterocycles. The van der Waals surface area contributed by atoms with Crippen molar-refractivity contribution in [3.63, 3.8) is 0 Å². The van der Waals surface area contributed by atoms with Crippen molar-refractivity contribution in [2.75, 3.05) is 44.3 Å². The molecule has 0 spiro atoms. The van der Waals surface area contributed by atoms with Crippen molar-refractivity contribution in [3.8, 4) is 0 Å². The van der Waals surface area contributed by atoms with Crippen LogP contribution in [0.25, 0.3) is 0 Å². The lowest BCUT2D eigenvalue weighted by molar-refractivity contribution is -0.154. The van der Waals surface area contributed by atoms with Gasteiger partial charge in [-0.3, -0.25) is 14.0 Å². The fraction of sp³-hybridized carbons (Fsp3) is 0.500. The first-order valence-electron chi connectivity index (χ1n) is 11.8. The molecule has 0 amide bonds. The van der Waals surface area contributed by atoms with Gasteiger partial charge in [0, 0.05) is 19.6 Å². The van der Waals surface area contributed by atoms with E-state index in [2.05, 4.69) is 0 Å². The zero-order valence-electron chi connectivity index (χ0n) is 21.1. The molecule has 2 aromatic carbocycles. The molecule has 3 rings (SSSR count). The van der Waals surface area contributed by atoms with Gasteiger partial charge in [0.1, 0.15) is 12.1 Å². The minimum absolute atomic E-state index is 0.112. The van der Waals surface area contributed by atoms with Crippen LogP contribution in [0.2, 0.25) is 0 Å². The second kappa shape index (κ2) is 11.5. The van der Waals surface area contributed by atoms with Crippen LogP contribution in [0.3, 0.4) is 0 Å². The number of anilines is 1. The van der Waals surface area contributed by atoms with Gasteiger partial charge in [-0.25, -0.2) is 8.42 Å². The van der Waals surface area contributed by atoms with Crippen molar-refractivity contribution in [2.45, 2.75) is 44.7 Å². The molecular formula is C26H36N2O6S. The van der Waals surface area contributed by atoms with Crippen LogP contribution in [0.4, 0.5) is 5.69 Å². The molecule has 2 atom stereocenters. The highest BCUT2D eigenvalue weighted by Gasteiger charge is 2.36. The van der Waals surface area contributed by atoms with Crippen molar-refractivity contribution >= 4 is 21.7 Å². The molecule has 0 aromatic heterocycles. The van der Waals surface area contributed by atoms with Crippen molar-refractivity contribution in [1.82, 2.24) is 4.90 Å². The third-order valence-corrected chi connectivity index (χ3v) is 7.94. The van der Waals surface area contributed by atoms with Gasteiger partial charge in [-0.15, -0.1) is 0 Å². The van der Waals surface area contributed by atoms with E-state index in [0.717, 1.165) is 11.1 Å². The second-order valence-corrected chi connectivity index (χ2v) is 11.2. The Morgan fingerprint density at radius 3 is 2.29 bits per heavy atom. The number of hydrogen-bond acceptors (Lipinski definition) is 7. The van der Waals surface area contributed by atoms with Crippen molar-refractivity contribution in [3.05, 3.63) is 59.2 Å². The maximum Gasteiger partial charge on any atom is 0.326 e. The average Bonchev–Trinajstić information content (AvgIpc) is 2.83. The van der Waals surface area contributed by atoms with Crippen LogP contribution in [0.15, 0.2) is 47.4 Å². The molecule has 8 nitrogen and oxygen atoms in total. The quantitative estimate of drug-likeness (QED) is 0.524. The molecule has 1 N–H and O–H groups in total. The van der Waals surface area contributed by atoms with E-state index < -0.39 is 28.1 Å². The molecule has 9 heteroatoms. The van der Waals surface area contributed by atoms with E-state index in [1.807, 2.05) is 50.8 Å². The number of aryl methyl sites for hydroxylation is 2. The molecule has 1 aliphatic rings. The molecule has 1 saturated heterocycles. The van der Waals surface area contributed by atoms with Crippen LogP contribution in [0.1, 0.15) is 36.6 Å². The van der Waals surface area contributed by atoms with Crippen LogP contribution in [-0.2, 0) is 24.3 Å². The van der Waals surface area contributed by atoms with Crippen LogP contribution >= 0.6 is 0 Å². The number of nitrogens with zero attached hydrogens (tertiary/aromatic N) is 2. The number of esters is 1. The van der Waals surface area contributed by atoms with E-state index in [1.165, 1.54) is 23.5 Å². The van der Waals surface area contributed by atoms with Gasteiger partial charge in [0.25, 0.3) is 10.0 Å². The molecular weight excluding hydrogens is 468 g/mol. The van der Waals surface area contributed by atoms with Crippen molar-refractivity contribution in [1.29, 1.82) is 0 Å². The summed E-state index contributed by atoms with van der Waals surface area (Å²) in [6, 6.07) is 10.9. The highest BCUT2D eigenvalue weighted by molar-refractivity contribution is 7.92. The third-order valence-electron chi connectivity index (χ3n) is 6.14. The summed E-state index contributed by atoms with van der Waals surface area (Å²) in [6.07, 6.45) is -1.18. The molecule has 0 aliphatic carbocycles. The van der Waals surface area contributed by atoms with E-state index in [9.17, 15) is 18.3 Å². The third kappa shape index (κ3) is 6.22. The van der Waals surface area contributed by atoms with Gasteiger partial charge in [0.2, 0.25) is 0 Å². The summed E-state index contributed by atoms with van der Waals surface area (Å²) >= 11 is 0. The van der Waals surface area contributed by atoms with Crippen LogP contribution < -0.4 is 4.31 Å². The van der Waals surface area contributed by atoms with Crippen LogP contribution in [0.5, 0.6) is 0 Å². The number of carbonyl (C=O) groups is 1. The number of benzene rings is 2. The summed E-state index contributed by atoms with van der Waals surface area (Å²) in [7, 11) is -2.57. The average molecular weight is 505 g/mol. The summed E-state index contributed by atoms with van der Waals surface area (Å²) in [6.45, 7) is 10.1. The minimum atomic E-state index is -3.86. The lowest BCUT2D eigenvalue weighted by atomic mass is 10.0. The normalized spacial score (nSPS) is 16.7. The number of aliphatic hydroxyl groups excluding tert-OH is 1. The molecule has 192 valence electrons. The second-order valence-electron chi connectivity index (χ2n) is 9.35. The largest absolute Gasteiger partial charge is 0.468 e. The van der Waals surface area contributed by atoms with Gasteiger partial charge < -0.3 is 14.6 Å². The van der Waals surface area contributed by atoms with Crippen molar-refractivity contribution in [2.24, 2.45) is 5.92 Å². The van der Waals surface area contributed by atoms with Gasteiger partial charge in [-0.1, -0.05) is 43.7 Å². The zero-order chi connectivity index (χ0) is 25.8. The molecule has 1 fully saturated rings. The Labute approximate surface area is 208 Å². The highest BCUT2D eigenvalue weighted by atomic mass is 32.2. The monoisotopic (exact) mass is 504 g/mol. The van der Waals surface area contributed by atoms with Crippen LogP contribution in [0, 0.1) is 19.8 Å². The van der Waals surface area contributed by atoms with Gasteiger partial charge >= 0.3 is 5.97 Å². The maximum absolute atomic E-state index is 13.7. The number of morpholine rings is 1. The number of hydrogen-bond donors (Lipinski definition) is 1. The van der Waals surface area contributed by atoms with Gasteiger partial charge in [-0.2, -0.15) is 0 Å². The number of ether oxygens (including phenoxy) is 2. The maximum atomic E-state index is 13.7. The molecule has 35 heavy (non-hydrogen) atoms. The standard InChI is InChI=1S/C26H36N2O6S/c1-18(2)17-28(23-11-6-19(3)16-20(23)4)35(31,32)22-9-7-21(8-10-22)25(29)24(26(30)33-5)27-12-14-34-15-13-27/h6-11,16,18,24-25,29H,12-15,17H2,1-5H3. The Kier molecular flexibility index (Phi) is 8.93. The van der Waals surface area contributed by atoms with E-state index >= 15 is 0 Å². The van der Waals surface area contributed by atoms with Crippen molar-refractivity contribution < 1.29 is 27.8 Å². The van der Waals surface area contributed by atoms with Gasteiger partial charge in [-0.05, 0) is 49.1 Å². The van der Waals surface area contributed by atoms with E-state index in [1.54, 1.807) is 12.1 Å². The number of aliphatic hydroxyl groups is 1. The minimum Gasteiger partial charge on any atom is -0.468 e. The molecule has 0 radical (unpaired) electrons. The molecule has 2 aromatic rings. The molecule has 0 saturated carbocycles. The predicted octanol–water partition coefficient (Wildman–Crippen LogP) is 3.06. The Morgan fingerprint density at radius 1 is 1.11 bits per heavy atom. The topological polar surface area (TPSA) is 96.4 Å². The summed E-state index contributed by atoms with van der Waals surface area (Å²) in [5, 5.41) is 11.1. The number of carbonyl (C=O) groups excluding carboxylic acids is 1. The zero-order valence-corrected chi connectivity index (χ0v) is 21.9. The number of rotatable bonds is 9. The number of sulfonamides is 1. The van der Waals surface area contributed by atoms with Gasteiger partial charge in [0.15, 0.2) is 0 Å². The van der Waals surface area contributed by atoms with E-state index in [0.29, 0.717) is 44.1 Å². The highest BCUT2D eigenvalue weighted by Crippen LogP contribution is 2.30. The Bertz CT molecular complexity index is 1110. The fourth-order valence-corrected chi connectivity index (χ4v) is 6.04. The first-order valence-corrected chi connectivity index (χ1v) is 13.3. The Hall–Kier alpha value is -2.46. The first-order chi connectivity index (χ1) is 16.6. The smallest absolute Gasteiger partial charge is 0.326 e. The van der Waals surface area contributed by atoms with E-state index in [-0.39, 0.29) is 10.8 Å². The Balaban J connectivity index is 1.92. The molecule has 0 bridgehead atoms. The van der Waals surface area contributed by atoms with Crippen LogP contribution in [-0.4, -0.2) is 70.4 Å². The molecule has 1 aliphatic heterocycles.